The molecule has 0 spiro atoms. The number of halogens is 1. The van der Waals surface area contributed by atoms with Gasteiger partial charge in [-0.05, 0) is 99.5 Å². The molecule has 0 atom stereocenters. The molecule has 20 heteroatoms. The zero-order chi connectivity index (χ0) is 47.5. The lowest BCUT2D eigenvalue weighted by Gasteiger charge is -2.06. The van der Waals surface area contributed by atoms with Gasteiger partial charge in [0.25, 0.3) is 0 Å². The van der Waals surface area contributed by atoms with Crippen LogP contribution in [0.25, 0.3) is 44.7 Å². The fraction of sp³-hybridized carbons (Fsp3) is 0.106. The number of aromatic amines is 1. The van der Waals surface area contributed by atoms with E-state index in [2.05, 4.69) is 60.8 Å². The minimum atomic E-state index is -1.46. The molecule has 338 valence electrons. The molecule has 5 N–H and O–H groups in total. The van der Waals surface area contributed by atoms with Gasteiger partial charge in [0.2, 0.25) is 0 Å². The number of pyridine rings is 2. The minimum Gasteiger partial charge on any atom is -0.423 e. The number of aliphatic hydroxyl groups is 2. The number of aromatic nitrogens is 10. The van der Waals surface area contributed by atoms with Crippen LogP contribution in [0.3, 0.4) is 0 Å². The highest BCUT2D eigenvalue weighted by Crippen LogP contribution is 2.21. The Morgan fingerprint density at radius 2 is 1.10 bits per heavy atom. The number of hydrogen-bond donors (Lipinski definition) is 5. The van der Waals surface area contributed by atoms with E-state index in [4.69, 9.17) is 29.1 Å². The summed E-state index contributed by atoms with van der Waals surface area (Å²) in [6.45, 7) is 4.11. The number of fused-ring (bicyclic) bond motifs is 2. The van der Waals surface area contributed by atoms with Crippen LogP contribution in [-0.2, 0) is 19.8 Å². The fourth-order valence-electron chi connectivity index (χ4n) is 6.03. The van der Waals surface area contributed by atoms with Gasteiger partial charge in [-0.1, -0.05) is 60.7 Å². The lowest BCUT2D eigenvalue weighted by atomic mass is 9.80. The van der Waals surface area contributed by atoms with E-state index in [0.717, 1.165) is 49.2 Å². The maximum Gasteiger partial charge on any atom is 0.488 e. The quantitative estimate of drug-likeness (QED) is 0.126. The predicted molar refractivity (Wildman–Crippen MR) is 254 cm³/mol. The first kappa shape index (κ1) is 48.6. The van der Waals surface area contributed by atoms with Gasteiger partial charge in [-0.3, -0.25) is 9.55 Å². The van der Waals surface area contributed by atoms with Crippen LogP contribution in [-0.4, -0.2) is 76.8 Å². The Balaban J connectivity index is 0.000000148. The number of aryl methyl sites for hydroxylation is 2. The zero-order valence-corrected chi connectivity index (χ0v) is 37.5. The van der Waals surface area contributed by atoms with Crippen LogP contribution in [0.4, 0.5) is 0 Å². The molecule has 0 unspecified atom stereocenters. The topological polar surface area (TPSA) is 265 Å². The van der Waals surface area contributed by atoms with Crippen molar-refractivity contribution in [3.8, 4) is 22.3 Å². The number of H-pyrrole nitrogens is 1. The molecule has 0 saturated heterocycles. The van der Waals surface area contributed by atoms with Gasteiger partial charge in [-0.15, -0.1) is 0 Å². The van der Waals surface area contributed by atoms with E-state index in [1.807, 2.05) is 68.4 Å². The van der Waals surface area contributed by atoms with Gasteiger partial charge in [0.05, 0.1) is 24.2 Å². The van der Waals surface area contributed by atoms with Crippen molar-refractivity contribution in [1.82, 2.24) is 49.4 Å². The number of nitrogens with zero attached hydrogens (tertiary/aromatic N) is 9. The van der Waals surface area contributed by atoms with Gasteiger partial charge < -0.3 is 29.1 Å². The molecule has 0 radical (unpaired) electrons. The van der Waals surface area contributed by atoms with Gasteiger partial charge >= 0.3 is 18.6 Å². The number of nitrogens with one attached hydrogen (secondary N) is 1. The molecule has 0 bridgehead atoms. The number of hydrogen-bond acceptors (Lipinski definition) is 16. The Bertz CT molecular complexity index is 3230. The molecule has 0 aliphatic carbocycles. The molecule has 0 fully saturated rings. The third-order valence-electron chi connectivity index (χ3n) is 9.20. The van der Waals surface area contributed by atoms with Gasteiger partial charge in [0.1, 0.15) is 19.0 Å². The van der Waals surface area contributed by atoms with Crippen LogP contribution in [0.5, 0.6) is 0 Å². The van der Waals surface area contributed by atoms with Crippen molar-refractivity contribution in [3.05, 3.63) is 207 Å². The summed E-state index contributed by atoms with van der Waals surface area (Å²) in [7, 11) is -1.46. The standard InChI is InChI=1S/C18H14N4O2.C11H10N2O.C7H9BO3.C7H6N2O2.C4H3BrN2/c1-12-5-6-16-17(21-12)22(18(23)24-16)10-13-3-2-4-14(7-13)15-8-19-11-20-9-15;14-7-9-2-1-3-10(4-9)11-5-12-8-13-6-11;9-5-6-2-1-3-7(4-6)8(10)11;1-4-2-3-5-6(8-4)9-7(10)11-5;5-4-1-6-3-7-2-4/h2-9,11H,10H2,1H3;1-6,8,14H,7H2;1-4,9-11H,5H2;2-3H,1H3,(H,8,9,10);1-3H. The van der Waals surface area contributed by atoms with E-state index in [1.165, 1.54) is 19.0 Å². The zero-order valence-electron chi connectivity index (χ0n) is 36.0. The highest BCUT2D eigenvalue weighted by molar-refractivity contribution is 9.10. The molecule has 0 saturated carbocycles. The molecule has 18 nitrogen and oxygen atoms in total. The maximum atomic E-state index is 12.1. The Labute approximate surface area is 390 Å². The van der Waals surface area contributed by atoms with Crippen molar-refractivity contribution < 1.29 is 29.1 Å². The number of aliphatic hydroxyl groups excluding tert-OH is 2. The van der Waals surface area contributed by atoms with Crippen molar-refractivity contribution in [3.63, 3.8) is 0 Å². The van der Waals surface area contributed by atoms with Crippen LogP contribution in [0.1, 0.15) is 28.1 Å². The molecule has 7 heterocycles. The Morgan fingerprint density at radius 1 is 0.597 bits per heavy atom. The normalized spacial score (nSPS) is 10.3. The summed E-state index contributed by atoms with van der Waals surface area (Å²) in [6.07, 6.45) is 14.9. The van der Waals surface area contributed by atoms with E-state index < -0.39 is 18.6 Å². The molecule has 67 heavy (non-hydrogen) atoms. The Kier molecular flexibility index (Phi) is 17.7. The number of oxazole rings is 2. The van der Waals surface area contributed by atoms with Crippen molar-refractivity contribution >= 4 is 51.0 Å². The van der Waals surface area contributed by atoms with Crippen LogP contribution >= 0.6 is 15.9 Å². The van der Waals surface area contributed by atoms with Crippen LogP contribution in [0, 0.1) is 13.8 Å². The lowest BCUT2D eigenvalue weighted by Crippen LogP contribution is -2.29. The molecule has 0 amide bonds. The molecule has 0 aliphatic heterocycles. The molecule has 3 aromatic carbocycles. The van der Waals surface area contributed by atoms with E-state index in [1.54, 1.807) is 84.2 Å². The van der Waals surface area contributed by atoms with E-state index in [0.29, 0.717) is 40.0 Å². The van der Waals surface area contributed by atoms with Gasteiger partial charge in [0.15, 0.2) is 22.5 Å². The molecule has 0 aliphatic rings. The predicted octanol–water partition coefficient (Wildman–Crippen LogP) is 5.36. The smallest absolute Gasteiger partial charge is 0.423 e. The summed E-state index contributed by atoms with van der Waals surface area (Å²) in [5, 5.41) is 35.1. The van der Waals surface area contributed by atoms with Gasteiger partial charge in [0, 0.05) is 59.7 Å². The third-order valence-corrected chi connectivity index (χ3v) is 9.61. The second-order valence-electron chi connectivity index (χ2n) is 14.2. The maximum absolute atomic E-state index is 12.1. The first-order valence-corrected chi connectivity index (χ1v) is 21.0. The lowest BCUT2D eigenvalue weighted by molar-refractivity contribution is 0.281. The van der Waals surface area contributed by atoms with Crippen molar-refractivity contribution in [1.29, 1.82) is 0 Å². The average Bonchev–Trinajstić information content (AvgIpc) is 3.89. The highest BCUT2D eigenvalue weighted by atomic mass is 79.9. The SMILES string of the molecule is Brc1cncnc1.Cc1ccc2oc(=O)[nH]c2n1.Cc1ccc2oc(=O)n(Cc3cccc(-c4cncnc4)c3)c2n1.OCc1cccc(-c2cncnc2)c1.OCc1cccc(B(O)O)c1. The molecule has 7 aromatic heterocycles. The fourth-order valence-corrected chi connectivity index (χ4v) is 6.26. The number of rotatable bonds is 7. The van der Waals surface area contributed by atoms with Crippen molar-refractivity contribution in [2.24, 2.45) is 0 Å². The molecule has 10 aromatic rings. The Hall–Kier alpha value is -7.88. The second kappa shape index (κ2) is 24.4. The highest BCUT2D eigenvalue weighted by Gasteiger charge is 2.12. The second-order valence-corrected chi connectivity index (χ2v) is 15.1. The summed E-state index contributed by atoms with van der Waals surface area (Å²) in [5.41, 5.74) is 10.6. The van der Waals surface area contributed by atoms with Gasteiger partial charge in [-0.25, -0.2) is 49.5 Å². The van der Waals surface area contributed by atoms with Crippen LogP contribution in [0.2, 0.25) is 0 Å². The van der Waals surface area contributed by atoms with Crippen molar-refractivity contribution in [2.45, 2.75) is 33.6 Å². The van der Waals surface area contributed by atoms with E-state index >= 15 is 0 Å². The molecular formula is C47H42BBrN10O8. The van der Waals surface area contributed by atoms with E-state index in [9.17, 15) is 9.59 Å². The molecular weight excluding hydrogens is 923 g/mol. The summed E-state index contributed by atoms with van der Waals surface area (Å²) in [6, 6.07) is 29.2. The minimum absolute atomic E-state index is 0.0571. The van der Waals surface area contributed by atoms with Gasteiger partial charge in [-0.2, -0.15) is 0 Å². The monoisotopic (exact) mass is 964 g/mol. The largest absolute Gasteiger partial charge is 0.488 e. The number of benzene rings is 3. The Morgan fingerprint density at radius 3 is 1.66 bits per heavy atom. The van der Waals surface area contributed by atoms with Crippen molar-refractivity contribution in [2.75, 3.05) is 0 Å². The summed E-state index contributed by atoms with van der Waals surface area (Å²) in [5.74, 6) is -0.866. The van der Waals surface area contributed by atoms with Crippen LogP contribution < -0.4 is 17.0 Å². The van der Waals surface area contributed by atoms with E-state index in [-0.39, 0.29) is 13.2 Å². The first-order chi connectivity index (χ1) is 32.5. The van der Waals surface area contributed by atoms with Crippen LogP contribution in [0.15, 0.2) is 176 Å². The summed E-state index contributed by atoms with van der Waals surface area (Å²) < 4.78 is 12.5. The summed E-state index contributed by atoms with van der Waals surface area (Å²) >= 11 is 3.19. The molecule has 10 rings (SSSR count). The third kappa shape index (κ3) is 14.6. The summed E-state index contributed by atoms with van der Waals surface area (Å²) in [4.78, 5) is 57.1. The first-order valence-electron chi connectivity index (χ1n) is 20.2. The average molecular weight is 966 g/mol.